The van der Waals surface area contributed by atoms with Gasteiger partial charge in [0.2, 0.25) is 0 Å². The molecule has 5 rings (SSSR count). The molecule has 150 valence electrons. The van der Waals surface area contributed by atoms with Crippen molar-refractivity contribution in [2.24, 2.45) is 0 Å². The summed E-state index contributed by atoms with van der Waals surface area (Å²) in [6.07, 6.45) is 0. The molecule has 0 bridgehead atoms. The molecule has 4 heterocycles. The number of rotatable bonds is 2. The van der Waals surface area contributed by atoms with E-state index in [2.05, 4.69) is 10.1 Å². The molecule has 8 heteroatoms. The molecule has 1 aromatic carbocycles. The van der Waals surface area contributed by atoms with Gasteiger partial charge in [-0.25, -0.2) is 9.50 Å². The van der Waals surface area contributed by atoms with Crippen molar-refractivity contribution < 1.29 is 4.79 Å². The fourth-order valence-electron chi connectivity index (χ4n) is 3.98. The van der Waals surface area contributed by atoms with Crippen LogP contribution in [0.5, 0.6) is 0 Å². The largest absolute Gasteiger partial charge is 0.328 e. The zero-order valence-corrected chi connectivity index (χ0v) is 16.5. The van der Waals surface area contributed by atoms with E-state index < -0.39 is 11.5 Å². The number of aromatic amines is 2. The number of aromatic nitrogens is 4. The Balaban J connectivity index is 1.58. The molecule has 3 aromatic heterocycles. The second-order valence-electron chi connectivity index (χ2n) is 7.52. The molecule has 1 aliphatic heterocycles. The van der Waals surface area contributed by atoms with Gasteiger partial charge in [0, 0.05) is 17.0 Å². The van der Waals surface area contributed by atoms with Crippen LogP contribution in [0.1, 0.15) is 33.0 Å². The van der Waals surface area contributed by atoms with Crippen LogP contribution < -0.4 is 11.1 Å². The molecule has 4 aromatic rings. The molecule has 2 N–H and O–H groups in total. The van der Waals surface area contributed by atoms with E-state index in [-0.39, 0.29) is 24.2 Å². The lowest BCUT2D eigenvalue weighted by molar-refractivity contribution is 0.0748. The van der Waals surface area contributed by atoms with Crippen LogP contribution in [-0.4, -0.2) is 30.4 Å². The molecular formula is C22H19N5O3. The first-order chi connectivity index (χ1) is 14.4. The van der Waals surface area contributed by atoms with Gasteiger partial charge in [-0.15, -0.1) is 0 Å². The van der Waals surface area contributed by atoms with Crippen LogP contribution in [0.4, 0.5) is 0 Å². The van der Waals surface area contributed by atoms with E-state index in [9.17, 15) is 14.4 Å². The van der Waals surface area contributed by atoms with E-state index in [1.165, 1.54) is 15.5 Å². The van der Waals surface area contributed by atoms with Gasteiger partial charge < -0.3 is 9.88 Å². The predicted molar refractivity (Wildman–Crippen MR) is 111 cm³/mol. The topological polar surface area (TPSA) is 103 Å². The van der Waals surface area contributed by atoms with E-state index in [4.69, 9.17) is 4.98 Å². The van der Waals surface area contributed by atoms with Crippen molar-refractivity contribution >= 4 is 11.6 Å². The van der Waals surface area contributed by atoms with Crippen molar-refractivity contribution in [3.8, 4) is 11.1 Å². The number of nitrogens with zero attached hydrogens (tertiary/aromatic N) is 3. The molecule has 0 saturated heterocycles. The minimum atomic E-state index is -0.435. The number of nitrogens with one attached hydrogen (secondary N) is 2. The van der Waals surface area contributed by atoms with Gasteiger partial charge in [-0.3, -0.25) is 19.5 Å². The zero-order valence-electron chi connectivity index (χ0n) is 16.5. The fraction of sp³-hybridized carbons (Fsp3) is 0.182. The summed E-state index contributed by atoms with van der Waals surface area (Å²) in [6.45, 7) is 3.96. The summed E-state index contributed by atoms with van der Waals surface area (Å²) in [5.74, 6) is -0.415. The maximum atomic E-state index is 13.1. The first-order valence-corrected chi connectivity index (χ1v) is 9.61. The van der Waals surface area contributed by atoms with Gasteiger partial charge in [-0.1, -0.05) is 30.3 Å². The van der Waals surface area contributed by atoms with Crippen LogP contribution in [0.2, 0.25) is 0 Å². The van der Waals surface area contributed by atoms with E-state index in [0.717, 1.165) is 16.8 Å². The van der Waals surface area contributed by atoms with Gasteiger partial charge in [0.25, 0.3) is 17.0 Å². The van der Waals surface area contributed by atoms with Crippen LogP contribution in [0.15, 0.2) is 52.1 Å². The molecule has 0 unspecified atom stereocenters. The number of amides is 1. The average Bonchev–Trinajstić information content (AvgIpc) is 3.30. The monoisotopic (exact) mass is 401 g/mol. The highest BCUT2D eigenvalue weighted by Crippen LogP contribution is 2.28. The van der Waals surface area contributed by atoms with Crippen LogP contribution in [-0.2, 0) is 13.1 Å². The predicted octanol–water partition coefficient (Wildman–Crippen LogP) is 2.15. The lowest BCUT2D eigenvalue weighted by Gasteiger charge is -2.14. The second-order valence-corrected chi connectivity index (χ2v) is 7.52. The van der Waals surface area contributed by atoms with Crippen LogP contribution in [0.25, 0.3) is 16.8 Å². The summed E-state index contributed by atoms with van der Waals surface area (Å²) in [5, 5.41) is 3.10. The van der Waals surface area contributed by atoms with E-state index in [1.807, 2.05) is 37.3 Å². The van der Waals surface area contributed by atoms with Gasteiger partial charge >= 0.3 is 0 Å². The minimum Gasteiger partial charge on any atom is -0.328 e. The molecule has 1 aliphatic rings. The first kappa shape index (κ1) is 18.1. The maximum absolute atomic E-state index is 13.1. The molecule has 8 nitrogen and oxygen atoms in total. The number of carbonyl (C=O) groups excluding carboxylic acids is 1. The lowest BCUT2D eigenvalue weighted by Crippen LogP contribution is -2.31. The number of benzene rings is 1. The first-order valence-electron chi connectivity index (χ1n) is 9.61. The number of aryl methyl sites for hydroxylation is 2. The molecule has 0 fully saturated rings. The van der Waals surface area contributed by atoms with E-state index in [1.54, 1.807) is 13.0 Å². The minimum absolute atomic E-state index is 0.0555. The summed E-state index contributed by atoms with van der Waals surface area (Å²) in [6, 6.07) is 12.9. The highest BCUT2D eigenvalue weighted by Gasteiger charge is 2.31. The van der Waals surface area contributed by atoms with E-state index in [0.29, 0.717) is 22.6 Å². The number of pyridine rings is 1. The Bertz CT molecular complexity index is 1430. The Morgan fingerprint density at radius 1 is 1.03 bits per heavy atom. The van der Waals surface area contributed by atoms with Crippen molar-refractivity contribution in [1.82, 2.24) is 24.5 Å². The Morgan fingerprint density at radius 3 is 2.53 bits per heavy atom. The standard InChI is InChI=1S/C22H19N5O3/c1-12-8-9-15(20(28)23-12)21(29)26-10-16-17(11-26)24-19-18(14-6-4-3-5-7-14)13(2)25-27(19)22(16)30/h3-9,25H,10-11H2,1-2H3,(H,23,28). The number of carbonyl (C=O) groups is 1. The van der Waals surface area contributed by atoms with Gasteiger partial charge in [0.15, 0.2) is 5.65 Å². The normalized spacial score (nSPS) is 13.1. The smallest absolute Gasteiger partial charge is 0.278 e. The third-order valence-electron chi connectivity index (χ3n) is 5.47. The van der Waals surface area contributed by atoms with Crippen molar-refractivity contribution in [2.45, 2.75) is 26.9 Å². The van der Waals surface area contributed by atoms with Gasteiger partial charge in [-0.2, -0.15) is 0 Å². The van der Waals surface area contributed by atoms with Crippen LogP contribution >= 0.6 is 0 Å². The Labute approximate surface area is 170 Å². The molecule has 0 saturated carbocycles. The summed E-state index contributed by atoms with van der Waals surface area (Å²) in [4.78, 5) is 47.0. The maximum Gasteiger partial charge on any atom is 0.278 e. The number of hydrogen-bond acceptors (Lipinski definition) is 4. The average molecular weight is 401 g/mol. The fourth-order valence-corrected chi connectivity index (χ4v) is 3.98. The third kappa shape index (κ3) is 2.68. The van der Waals surface area contributed by atoms with Crippen LogP contribution in [0, 0.1) is 13.8 Å². The molecule has 1 amide bonds. The number of H-pyrrole nitrogens is 2. The second kappa shape index (κ2) is 6.55. The van der Waals surface area contributed by atoms with Crippen molar-refractivity contribution in [2.75, 3.05) is 0 Å². The summed E-state index contributed by atoms with van der Waals surface area (Å²) in [5.41, 5.74) is 4.28. The molecule has 0 atom stereocenters. The Kier molecular flexibility index (Phi) is 3.95. The Hall–Kier alpha value is -3.94. The van der Waals surface area contributed by atoms with Gasteiger partial charge in [-0.05, 0) is 31.5 Å². The van der Waals surface area contributed by atoms with Crippen LogP contribution in [0.3, 0.4) is 0 Å². The van der Waals surface area contributed by atoms with Gasteiger partial charge in [0.05, 0.1) is 24.3 Å². The molecule has 0 radical (unpaired) electrons. The molecular weight excluding hydrogens is 382 g/mol. The lowest BCUT2D eigenvalue weighted by atomic mass is 10.1. The molecule has 0 spiro atoms. The third-order valence-corrected chi connectivity index (χ3v) is 5.47. The van der Waals surface area contributed by atoms with Crippen molar-refractivity contribution in [3.05, 3.63) is 91.4 Å². The van der Waals surface area contributed by atoms with Crippen molar-refractivity contribution in [1.29, 1.82) is 0 Å². The van der Waals surface area contributed by atoms with Crippen molar-refractivity contribution in [3.63, 3.8) is 0 Å². The summed E-state index contributed by atoms with van der Waals surface area (Å²) in [7, 11) is 0. The Morgan fingerprint density at radius 2 is 1.80 bits per heavy atom. The molecule has 0 aliphatic carbocycles. The quantitative estimate of drug-likeness (QED) is 0.537. The zero-order chi connectivity index (χ0) is 21.0. The summed E-state index contributed by atoms with van der Waals surface area (Å²) >= 11 is 0. The summed E-state index contributed by atoms with van der Waals surface area (Å²) < 4.78 is 1.43. The highest BCUT2D eigenvalue weighted by molar-refractivity contribution is 5.94. The number of hydrogen-bond donors (Lipinski definition) is 2. The SMILES string of the molecule is Cc1ccc(C(=O)N2Cc3nc4c(-c5ccccc5)c(C)[nH]n4c(=O)c3C2)c(=O)[nH]1. The van der Waals surface area contributed by atoms with Gasteiger partial charge in [0.1, 0.15) is 5.56 Å². The highest BCUT2D eigenvalue weighted by atomic mass is 16.2. The molecule has 30 heavy (non-hydrogen) atoms. The number of fused-ring (bicyclic) bond motifs is 2. The van der Waals surface area contributed by atoms with E-state index >= 15 is 0 Å².